The quantitative estimate of drug-likeness (QED) is 0.651. The van der Waals surface area contributed by atoms with Crippen LogP contribution in [0.5, 0.6) is 0 Å². The van der Waals surface area contributed by atoms with E-state index < -0.39 is 10.3 Å². The van der Waals surface area contributed by atoms with Gasteiger partial charge in [0, 0.05) is 6.61 Å². The Morgan fingerprint density at radius 1 is 1.78 bits per heavy atom. The molecule has 0 aromatic heterocycles. The average Bonchev–Trinajstić information content (AvgIpc) is 1.65. The van der Waals surface area contributed by atoms with Crippen molar-refractivity contribution in [1.29, 1.82) is 0 Å². The maximum absolute atomic E-state index is 10.3. The average molecular weight is 197 g/mol. The van der Waals surface area contributed by atoms with E-state index in [2.05, 4.69) is 15.9 Å². The molecule has 0 aliphatic heterocycles. The van der Waals surface area contributed by atoms with Crippen molar-refractivity contribution in [2.75, 3.05) is 6.61 Å². The van der Waals surface area contributed by atoms with E-state index in [0.29, 0.717) is 0 Å². The molecule has 0 spiro atoms. The summed E-state index contributed by atoms with van der Waals surface area (Å²) in [5.74, 6) is -0.948. The molecule has 3 nitrogen and oxygen atoms in total. The second-order valence-corrected chi connectivity index (χ2v) is 3.73. The standard InChI is InChI=1S/C5H9BrO3/c1-5(6,2-3-7)4(8)9/h7H,2-3H2,1H3,(H,8,9). The van der Waals surface area contributed by atoms with Gasteiger partial charge in [0.15, 0.2) is 0 Å². The van der Waals surface area contributed by atoms with Gasteiger partial charge in [0.05, 0.1) is 0 Å². The van der Waals surface area contributed by atoms with E-state index in [0.717, 1.165) is 0 Å². The molecule has 1 atom stereocenters. The molecular formula is C5H9BrO3. The van der Waals surface area contributed by atoms with Crippen LogP contribution < -0.4 is 0 Å². The van der Waals surface area contributed by atoms with Crippen LogP contribution in [0.4, 0.5) is 0 Å². The van der Waals surface area contributed by atoms with Crippen LogP contribution in [0.2, 0.25) is 0 Å². The van der Waals surface area contributed by atoms with Gasteiger partial charge in [0.25, 0.3) is 0 Å². The van der Waals surface area contributed by atoms with Gasteiger partial charge in [-0.2, -0.15) is 0 Å². The molecule has 0 saturated heterocycles. The molecule has 4 heteroatoms. The highest BCUT2D eigenvalue weighted by atomic mass is 79.9. The van der Waals surface area contributed by atoms with Crippen LogP contribution >= 0.6 is 15.9 Å². The summed E-state index contributed by atoms with van der Waals surface area (Å²) in [6.07, 6.45) is 0.225. The van der Waals surface area contributed by atoms with Crippen molar-refractivity contribution in [1.82, 2.24) is 0 Å². The summed E-state index contributed by atoms with van der Waals surface area (Å²) in [5, 5.41) is 16.8. The third-order valence-corrected chi connectivity index (χ3v) is 1.76. The van der Waals surface area contributed by atoms with E-state index in [1.54, 1.807) is 0 Å². The Balaban J connectivity index is 3.85. The summed E-state index contributed by atoms with van der Waals surface area (Å²) < 4.78 is -0.970. The fourth-order valence-electron chi connectivity index (χ4n) is 0.317. The number of carboxylic acid groups (broad SMARTS) is 1. The number of hydrogen-bond acceptors (Lipinski definition) is 2. The third kappa shape index (κ3) is 2.81. The molecule has 0 aliphatic rings. The Bertz CT molecular complexity index is 111. The van der Waals surface area contributed by atoms with Gasteiger partial charge in [0.2, 0.25) is 0 Å². The number of alkyl halides is 1. The second-order valence-electron chi connectivity index (χ2n) is 1.98. The van der Waals surface area contributed by atoms with Crippen molar-refractivity contribution >= 4 is 21.9 Å². The van der Waals surface area contributed by atoms with Crippen molar-refractivity contribution in [3.63, 3.8) is 0 Å². The maximum Gasteiger partial charge on any atom is 0.320 e. The molecule has 0 saturated carbocycles. The monoisotopic (exact) mass is 196 g/mol. The highest BCUT2D eigenvalue weighted by Gasteiger charge is 2.28. The Hall–Kier alpha value is -0.0900. The van der Waals surface area contributed by atoms with Crippen LogP contribution in [0.3, 0.4) is 0 Å². The van der Waals surface area contributed by atoms with Gasteiger partial charge in [-0.1, -0.05) is 15.9 Å². The summed E-state index contributed by atoms with van der Waals surface area (Å²) in [7, 11) is 0. The maximum atomic E-state index is 10.3. The van der Waals surface area contributed by atoms with E-state index in [9.17, 15) is 4.79 Å². The first kappa shape index (κ1) is 8.91. The van der Waals surface area contributed by atoms with E-state index in [-0.39, 0.29) is 13.0 Å². The number of aliphatic carboxylic acids is 1. The molecule has 54 valence electrons. The molecule has 0 heterocycles. The molecule has 0 aromatic rings. The van der Waals surface area contributed by atoms with Crippen LogP contribution in [0.15, 0.2) is 0 Å². The number of aliphatic hydroxyl groups excluding tert-OH is 1. The minimum absolute atomic E-state index is 0.117. The summed E-state index contributed by atoms with van der Waals surface area (Å²) in [6, 6.07) is 0. The number of carboxylic acids is 1. The SMILES string of the molecule is CC(Br)(CCO)C(=O)O. The van der Waals surface area contributed by atoms with Crippen LogP contribution in [0, 0.1) is 0 Å². The summed E-state index contributed by atoms with van der Waals surface area (Å²) in [6.45, 7) is 1.39. The van der Waals surface area contributed by atoms with Gasteiger partial charge in [0.1, 0.15) is 4.32 Å². The first-order valence-corrected chi connectivity index (χ1v) is 3.33. The highest BCUT2D eigenvalue weighted by Crippen LogP contribution is 2.20. The molecule has 1 unspecified atom stereocenters. The van der Waals surface area contributed by atoms with Crippen molar-refractivity contribution in [3.8, 4) is 0 Å². The molecule has 0 fully saturated rings. The van der Waals surface area contributed by atoms with Crippen molar-refractivity contribution < 1.29 is 15.0 Å². The molecule has 9 heavy (non-hydrogen) atoms. The van der Waals surface area contributed by atoms with E-state index in [4.69, 9.17) is 10.2 Å². The Labute approximate surface area is 61.8 Å². The predicted octanol–water partition coefficient (Wildman–Crippen LogP) is 0.607. The molecule has 2 N–H and O–H groups in total. The Kier molecular flexibility index (Phi) is 3.14. The fourth-order valence-corrected chi connectivity index (χ4v) is 0.494. The van der Waals surface area contributed by atoms with Gasteiger partial charge < -0.3 is 10.2 Å². The van der Waals surface area contributed by atoms with Crippen molar-refractivity contribution in [3.05, 3.63) is 0 Å². The lowest BCUT2D eigenvalue weighted by Crippen LogP contribution is -2.28. The minimum atomic E-state index is -0.970. The van der Waals surface area contributed by atoms with E-state index in [1.165, 1.54) is 6.92 Å². The van der Waals surface area contributed by atoms with Crippen molar-refractivity contribution in [2.24, 2.45) is 0 Å². The number of carbonyl (C=O) groups is 1. The largest absolute Gasteiger partial charge is 0.480 e. The zero-order valence-corrected chi connectivity index (χ0v) is 6.68. The van der Waals surface area contributed by atoms with Gasteiger partial charge in [-0.15, -0.1) is 0 Å². The molecule has 0 rings (SSSR count). The molecule has 0 radical (unpaired) electrons. The van der Waals surface area contributed by atoms with Crippen LogP contribution in [0.1, 0.15) is 13.3 Å². The normalized spacial score (nSPS) is 16.8. The van der Waals surface area contributed by atoms with Gasteiger partial charge >= 0.3 is 5.97 Å². The number of hydrogen-bond donors (Lipinski definition) is 2. The molecule has 0 amide bonds. The summed E-state index contributed by atoms with van der Waals surface area (Å²) >= 11 is 2.95. The smallest absolute Gasteiger partial charge is 0.320 e. The van der Waals surface area contributed by atoms with Gasteiger partial charge in [-0.3, -0.25) is 4.79 Å². The molecule has 0 aromatic carbocycles. The first-order valence-electron chi connectivity index (χ1n) is 2.54. The molecule has 0 bridgehead atoms. The summed E-state index contributed by atoms with van der Waals surface area (Å²) in [4.78, 5) is 10.3. The molecular weight excluding hydrogens is 188 g/mol. The Morgan fingerprint density at radius 3 is 2.33 bits per heavy atom. The predicted molar refractivity (Wildman–Crippen MR) is 36.7 cm³/mol. The highest BCUT2D eigenvalue weighted by molar-refractivity contribution is 9.10. The lowest BCUT2D eigenvalue weighted by molar-refractivity contribution is -0.139. The lowest BCUT2D eigenvalue weighted by atomic mass is 10.1. The summed E-state index contributed by atoms with van der Waals surface area (Å²) in [5.41, 5.74) is 0. The fraction of sp³-hybridized carbons (Fsp3) is 0.800. The lowest BCUT2D eigenvalue weighted by Gasteiger charge is -2.13. The van der Waals surface area contributed by atoms with E-state index >= 15 is 0 Å². The van der Waals surface area contributed by atoms with E-state index in [1.807, 2.05) is 0 Å². The zero-order chi connectivity index (χ0) is 7.49. The first-order chi connectivity index (χ1) is 4.00. The van der Waals surface area contributed by atoms with Gasteiger partial charge in [-0.25, -0.2) is 0 Å². The van der Waals surface area contributed by atoms with Crippen LogP contribution in [-0.4, -0.2) is 27.1 Å². The molecule has 0 aliphatic carbocycles. The number of halogens is 1. The number of rotatable bonds is 3. The second kappa shape index (κ2) is 3.17. The topological polar surface area (TPSA) is 57.5 Å². The van der Waals surface area contributed by atoms with Crippen LogP contribution in [-0.2, 0) is 4.79 Å². The van der Waals surface area contributed by atoms with Crippen LogP contribution in [0.25, 0.3) is 0 Å². The van der Waals surface area contributed by atoms with Gasteiger partial charge in [-0.05, 0) is 13.3 Å². The van der Waals surface area contributed by atoms with Crippen molar-refractivity contribution in [2.45, 2.75) is 17.7 Å². The third-order valence-electron chi connectivity index (χ3n) is 1.03. The Morgan fingerprint density at radius 2 is 2.22 bits per heavy atom. The number of aliphatic hydroxyl groups is 1. The zero-order valence-electron chi connectivity index (χ0n) is 5.09. The minimum Gasteiger partial charge on any atom is -0.480 e.